The molecule has 22 heavy (non-hydrogen) atoms. The van der Waals surface area contributed by atoms with Gasteiger partial charge in [0.2, 0.25) is 0 Å². The molecule has 0 spiro atoms. The average Bonchev–Trinajstić information content (AvgIpc) is 3.24. The van der Waals surface area contributed by atoms with E-state index in [9.17, 15) is 4.79 Å². The number of anilines is 2. The summed E-state index contributed by atoms with van der Waals surface area (Å²) in [4.78, 5) is 14.5. The smallest absolute Gasteiger partial charge is 0.278 e. The second kappa shape index (κ2) is 5.65. The zero-order valence-corrected chi connectivity index (χ0v) is 13.0. The van der Waals surface area contributed by atoms with Gasteiger partial charge < -0.3 is 10.6 Å². The molecule has 0 unspecified atom stereocenters. The highest BCUT2D eigenvalue weighted by atomic mass is 35.5. The molecule has 1 aliphatic carbocycles. The number of aromatic nitrogens is 2. The first-order chi connectivity index (χ1) is 10.2. The third-order valence-corrected chi connectivity index (χ3v) is 4.37. The molecule has 0 atom stereocenters. The first-order valence-electron chi connectivity index (χ1n) is 7.48. The van der Waals surface area contributed by atoms with Gasteiger partial charge >= 0.3 is 0 Å². The third kappa shape index (κ3) is 2.46. The summed E-state index contributed by atoms with van der Waals surface area (Å²) in [5.41, 5.74) is 10.4. The fourth-order valence-corrected chi connectivity index (χ4v) is 3.05. The van der Waals surface area contributed by atoms with Crippen molar-refractivity contribution >= 4 is 29.7 Å². The van der Waals surface area contributed by atoms with E-state index in [1.165, 1.54) is 12.8 Å². The standard InChI is InChI=1S/C16H18N4O.ClH/c17-12-4-1-5-15-11(12)3-2-8-20(15)16(21)14-9-13(18-19-14)10-6-7-10;/h1,4-5,9-10H,2-3,6-8,17H2,(H,18,19);1H. The predicted molar refractivity (Wildman–Crippen MR) is 88.7 cm³/mol. The van der Waals surface area contributed by atoms with E-state index in [-0.39, 0.29) is 18.3 Å². The minimum atomic E-state index is -0.0373. The van der Waals surface area contributed by atoms with Gasteiger partial charge in [-0.1, -0.05) is 6.07 Å². The highest BCUT2D eigenvalue weighted by Gasteiger charge is 2.29. The number of hydrogen-bond donors (Lipinski definition) is 2. The maximum atomic E-state index is 12.7. The number of nitrogens with one attached hydrogen (secondary N) is 1. The summed E-state index contributed by atoms with van der Waals surface area (Å²) in [6, 6.07) is 7.67. The number of halogens is 1. The van der Waals surface area contributed by atoms with Gasteiger partial charge in [-0.25, -0.2) is 0 Å². The van der Waals surface area contributed by atoms with Gasteiger partial charge in [-0.3, -0.25) is 9.89 Å². The first-order valence-corrected chi connectivity index (χ1v) is 7.48. The molecule has 4 rings (SSSR count). The molecule has 1 aromatic carbocycles. The lowest BCUT2D eigenvalue weighted by atomic mass is 9.99. The number of fused-ring (bicyclic) bond motifs is 1. The van der Waals surface area contributed by atoms with Crippen molar-refractivity contribution in [3.63, 3.8) is 0 Å². The number of carbonyl (C=O) groups excluding carboxylic acids is 1. The molecule has 5 nitrogen and oxygen atoms in total. The number of aromatic amines is 1. The molecule has 1 fully saturated rings. The molecular formula is C16H19ClN4O. The van der Waals surface area contributed by atoms with Crippen molar-refractivity contribution in [1.82, 2.24) is 10.2 Å². The van der Waals surface area contributed by atoms with Crippen LogP contribution in [0.25, 0.3) is 0 Å². The number of hydrogen-bond acceptors (Lipinski definition) is 3. The minimum Gasteiger partial charge on any atom is -0.398 e. The van der Waals surface area contributed by atoms with Crippen LogP contribution in [0.3, 0.4) is 0 Å². The van der Waals surface area contributed by atoms with Crippen LogP contribution in [0.4, 0.5) is 11.4 Å². The topological polar surface area (TPSA) is 75.0 Å². The van der Waals surface area contributed by atoms with Gasteiger partial charge in [-0.05, 0) is 49.4 Å². The number of nitrogens with zero attached hydrogens (tertiary/aromatic N) is 2. The second-order valence-corrected chi connectivity index (χ2v) is 5.89. The highest BCUT2D eigenvalue weighted by Crippen LogP contribution is 2.39. The Kier molecular flexibility index (Phi) is 3.83. The average molecular weight is 319 g/mol. The maximum absolute atomic E-state index is 12.7. The molecule has 0 bridgehead atoms. The largest absolute Gasteiger partial charge is 0.398 e. The van der Waals surface area contributed by atoms with Crippen LogP contribution >= 0.6 is 12.4 Å². The lowest BCUT2D eigenvalue weighted by Crippen LogP contribution is -2.36. The molecule has 0 saturated heterocycles. The summed E-state index contributed by atoms with van der Waals surface area (Å²) in [5.74, 6) is 0.535. The lowest BCUT2D eigenvalue weighted by Gasteiger charge is -2.29. The Bertz CT molecular complexity index is 708. The van der Waals surface area contributed by atoms with E-state index >= 15 is 0 Å². The van der Waals surface area contributed by atoms with Gasteiger partial charge in [0.15, 0.2) is 5.69 Å². The molecule has 3 N–H and O–H groups in total. The fraction of sp³-hybridized carbons (Fsp3) is 0.375. The van der Waals surface area contributed by atoms with Crippen molar-refractivity contribution in [2.75, 3.05) is 17.2 Å². The Morgan fingerprint density at radius 2 is 2.18 bits per heavy atom. The van der Waals surface area contributed by atoms with E-state index in [1.807, 2.05) is 29.2 Å². The van der Waals surface area contributed by atoms with Gasteiger partial charge in [0.25, 0.3) is 5.91 Å². The second-order valence-electron chi connectivity index (χ2n) is 5.89. The zero-order chi connectivity index (χ0) is 14.4. The zero-order valence-electron chi connectivity index (χ0n) is 12.2. The monoisotopic (exact) mass is 318 g/mol. The molecule has 0 radical (unpaired) electrons. The van der Waals surface area contributed by atoms with Crippen molar-refractivity contribution in [3.8, 4) is 0 Å². The number of H-pyrrole nitrogens is 1. The van der Waals surface area contributed by atoms with E-state index in [4.69, 9.17) is 5.73 Å². The van der Waals surface area contributed by atoms with E-state index in [1.54, 1.807) is 0 Å². The number of amides is 1. The summed E-state index contributed by atoms with van der Waals surface area (Å²) in [6.07, 6.45) is 4.25. The lowest BCUT2D eigenvalue weighted by molar-refractivity contribution is 0.0980. The SMILES string of the molecule is Cl.Nc1cccc2c1CCCN2C(=O)c1cc(C2CC2)[nH]n1. The Morgan fingerprint density at radius 3 is 2.95 bits per heavy atom. The third-order valence-electron chi connectivity index (χ3n) is 4.37. The minimum absolute atomic E-state index is 0. The summed E-state index contributed by atoms with van der Waals surface area (Å²) in [5, 5.41) is 7.20. The number of nitrogen functional groups attached to an aromatic ring is 1. The normalized spacial score (nSPS) is 16.8. The molecule has 1 saturated carbocycles. The van der Waals surface area contributed by atoms with Crippen LogP contribution in [0, 0.1) is 0 Å². The van der Waals surface area contributed by atoms with Crippen LogP contribution in [0.5, 0.6) is 0 Å². The van der Waals surface area contributed by atoms with Gasteiger partial charge in [0, 0.05) is 29.5 Å². The highest BCUT2D eigenvalue weighted by molar-refractivity contribution is 6.06. The summed E-state index contributed by atoms with van der Waals surface area (Å²) in [6.45, 7) is 0.723. The van der Waals surface area contributed by atoms with Gasteiger partial charge in [-0.2, -0.15) is 5.10 Å². The van der Waals surface area contributed by atoms with E-state index < -0.39 is 0 Å². The molecule has 2 heterocycles. The van der Waals surface area contributed by atoms with Crippen LogP contribution < -0.4 is 10.6 Å². The first kappa shape index (κ1) is 14.9. The fourth-order valence-electron chi connectivity index (χ4n) is 3.05. The van der Waals surface area contributed by atoms with Crippen LogP contribution in [0.2, 0.25) is 0 Å². The van der Waals surface area contributed by atoms with E-state index in [0.29, 0.717) is 11.6 Å². The molecule has 1 aromatic heterocycles. The maximum Gasteiger partial charge on any atom is 0.278 e. The van der Waals surface area contributed by atoms with E-state index in [0.717, 1.165) is 42.0 Å². The summed E-state index contributed by atoms with van der Waals surface area (Å²) in [7, 11) is 0. The quantitative estimate of drug-likeness (QED) is 0.836. The van der Waals surface area contributed by atoms with Crippen molar-refractivity contribution in [2.45, 2.75) is 31.6 Å². The van der Waals surface area contributed by atoms with Crippen LogP contribution in [0.15, 0.2) is 24.3 Å². The Labute approximate surface area is 135 Å². The molecule has 1 aliphatic heterocycles. The van der Waals surface area contributed by atoms with Crippen LogP contribution in [-0.2, 0) is 6.42 Å². The van der Waals surface area contributed by atoms with Crippen LogP contribution in [-0.4, -0.2) is 22.6 Å². The summed E-state index contributed by atoms with van der Waals surface area (Å²) >= 11 is 0. The van der Waals surface area contributed by atoms with Crippen molar-refractivity contribution in [3.05, 3.63) is 41.2 Å². The number of rotatable bonds is 2. The Hall–Kier alpha value is -2.01. The van der Waals surface area contributed by atoms with Gasteiger partial charge in [-0.15, -0.1) is 12.4 Å². The summed E-state index contributed by atoms with van der Waals surface area (Å²) < 4.78 is 0. The molecule has 2 aliphatic rings. The molecule has 1 amide bonds. The molecule has 2 aromatic rings. The van der Waals surface area contributed by atoms with Crippen molar-refractivity contribution in [2.24, 2.45) is 0 Å². The Morgan fingerprint density at radius 1 is 1.36 bits per heavy atom. The predicted octanol–water partition coefficient (Wildman–Crippen LogP) is 2.88. The van der Waals surface area contributed by atoms with Crippen molar-refractivity contribution in [1.29, 1.82) is 0 Å². The number of nitrogens with two attached hydrogens (primary N) is 1. The van der Waals surface area contributed by atoms with E-state index in [2.05, 4.69) is 10.2 Å². The number of benzene rings is 1. The number of carbonyl (C=O) groups is 1. The van der Waals surface area contributed by atoms with Gasteiger partial charge in [0.05, 0.1) is 0 Å². The Balaban J connectivity index is 0.00000144. The van der Waals surface area contributed by atoms with Crippen molar-refractivity contribution < 1.29 is 4.79 Å². The molecular weight excluding hydrogens is 300 g/mol. The molecule has 6 heteroatoms. The van der Waals surface area contributed by atoms with Crippen LogP contribution in [0.1, 0.15) is 46.9 Å². The molecule has 116 valence electrons. The van der Waals surface area contributed by atoms with Gasteiger partial charge in [0.1, 0.15) is 0 Å².